The Morgan fingerprint density at radius 2 is 1.90 bits per heavy atom. The van der Waals surface area contributed by atoms with E-state index in [2.05, 4.69) is 68.6 Å². The lowest BCUT2D eigenvalue weighted by molar-refractivity contribution is -0.109. The molecule has 1 aliphatic carbocycles. The van der Waals surface area contributed by atoms with E-state index >= 15 is 0 Å². The van der Waals surface area contributed by atoms with Gasteiger partial charge < -0.3 is 10.1 Å². The van der Waals surface area contributed by atoms with E-state index in [1.807, 2.05) is 0 Å². The molecule has 0 amide bonds. The highest BCUT2D eigenvalue weighted by Crippen LogP contribution is 2.47. The van der Waals surface area contributed by atoms with Crippen LogP contribution in [0.2, 0.25) is 0 Å². The Labute approximate surface area is 127 Å². The number of hydrogen-bond acceptors (Lipinski definition) is 2. The third-order valence-electron chi connectivity index (χ3n) is 5.20. The van der Waals surface area contributed by atoms with Crippen molar-refractivity contribution in [2.75, 3.05) is 11.9 Å². The fourth-order valence-corrected chi connectivity index (χ4v) is 3.45. The van der Waals surface area contributed by atoms with Gasteiger partial charge in [0.2, 0.25) is 0 Å². The molecule has 0 heterocycles. The molecule has 0 aliphatic heterocycles. The van der Waals surface area contributed by atoms with Crippen LogP contribution in [0.5, 0.6) is 0 Å². The van der Waals surface area contributed by atoms with Crippen LogP contribution in [0.15, 0.2) is 42.5 Å². The molecule has 2 aromatic rings. The lowest BCUT2D eigenvalue weighted by atomic mass is 9.61. The fraction of sp³-hybridized carbons (Fsp3) is 0.474. The monoisotopic (exact) mass is 283 g/mol. The number of nitrogens with one attached hydrogen (secondary N) is 1. The van der Waals surface area contributed by atoms with Gasteiger partial charge in [-0.2, -0.15) is 0 Å². The molecule has 1 fully saturated rings. The molecular formula is C19H25NO. The second kappa shape index (κ2) is 5.69. The van der Waals surface area contributed by atoms with E-state index in [0.29, 0.717) is 12.1 Å². The van der Waals surface area contributed by atoms with Crippen LogP contribution in [0.4, 0.5) is 5.69 Å². The minimum Gasteiger partial charge on any atom is -0.382 e. The molecule has 112 valence electrons. The molecule has 2 nitrogen and oxygen atoms in total. The molecule has 21 heavy (non-hydrogen) atoms. The Hall–Kier alpha value is -1.54. The van der Waals surface area contributed by atoms with Crippen molar-refractivity contribution in [2.45, 2.75) is 45.8 Å². The van der Waals surface area contributed by atoms with Crippen molar-refractivity contribution in [1.82, 2.24) is 0 Å². The largest absolute Gasteiger partial charge is 0.382 e. The zero-order chi connectivity index (χ0) is 14.9. The summed E-state index contributed by atoms with van der Waals surface area (Å²) in [5.74, 6) is 0. The number of benzene rings is 2. The number of hydrogen-bond donors (Lipinski definition) is 1. The first-order valence-electron chi connectivity index (χ1n) is 8.04. The van der Waals surface area contributed by atoms with Gasteiger partial charge in [-0.1, -0.05) is 44.2 Å². The van der Waals surface area contributed by atoms with Crippen molar-refractivity contribution in [1.29, 1.82) is 0 Å². The summed E-state index contributed by atoms with van der Waals surface area (Å²) in [6, 6.07) is 15.6. The highest BCUT2D eigenvalue weighted by molar-refractivity contribution is 5.85. The van der Waals surface area contributed by atoms with Gasteiger partial charge in [0.1, 0.15) is 0 Å². The molecule has 3 unspecified atom stereocenters. The number of rotatable bonds is 5. The maximum absolute atomic E-state index is 5.88. The van der Waals surface area contributed by atoms with Crippen molar-refractivity contribution in [3.63, 3.8) is 0 Å². The summed E-state index contributed by atoms with van der Waals surface area (Å²) < 4.78 is 5.88. The van der Waals surface area contributed by atoms with Crippen molar-refractivity contribution in [2.24, 2.45) is 5.41 Å². The van der Waals surface area contributed by atoms with Gasteiger partial charge in [-0.3, -0.25) is 0 Å². The molecule has 1 N–H and O–H groups in total. The summed E-state index contributed by atoms with van der Waals surface area (Å²) in [4.78, 5) is 0. The Bertz CT molecular complexity index is 624. The summed E-state index contributed by atoms with van der Waals surface area (Å²) in [6.07, 6.45) is 2.64. The number of anilines is 1. The van der Waals surface area contributed by atoms with Gasteiger partial charge in [-0.05, 0) is 42.7 Å². The summed E-state index contributed by atoms with van der Waals surface area (Å²) in [5.41, 5.74) is 1.45. The molecule has 0 spiro atoms. The van der Waals surface area contributed by atoms with E-state index < -0.39 is 0 Å². The molecule has 0 bridgehead atoms. The molecule has 0 aromatic heterocycles. The number of fused-ring (bicyclic) bond motifs is 1. The number of ether oxygens (including phenoxy) is 1. The smallest absolute Gasteiger partial charge is 0.0667 e. The lowest BCUT2D eigenvalue weighted by Gasteiger charge is -2.54. The van der Waals surface area contributed by atoms with Crippen molar-refractivity contribution in [3.8, 4) is 0 Å². The average Bonchev–Trinajstić information content (AvgIpc) is 2.53. The maximum Gasteiger partial charge on any atom is 0.0667 e. The van der Waals surface area contributed by atoms with Gasteiger partial charge in [0.05, 0.1) is 6.10 Å². The molecule has 3 rings (SSSR count). The Morgan fingerprint density at radius 1 is 1.14 bits per heavy atom. The van der Waals surface area contributed by atoms with Crippen LogP contribution < -0.4 is 5.32 Å². The topological polar surface area (TPSA) is 21.3 Å². The summed E-state index contributed by atoms with van der Waals surface area (Å²) >= 11 is 0. The van der Waals surface area contributed by atoms with E-state index in [4.69, 9.17) is 4.74 Å². The van der Waals surface area contributed by atoms with Crippen LogP contribution in [0.1, 0.15) is 33.6 Å². The Balaban J connectivity index is 1.76. The van der Waals surface area contributed by atoms with Crippen LogP contribution in [-0.4, -0.2) is 18.8 Å². The van der Waals surface area contributed by atoms with Crippen molar-refractivity contribution in [3.05, 3.63) is 42.5 Å². The highest BCUT2D eigenvalue weighted by Gasteiger charge is 2.51. The summed E-state index contributed by atoms with van der Waals surface area (Å²) in [6.45, 7) is 7.50. The van der Waals surface area contributed by atoms with Gasteiger partial charge in [-0.15, -0.1) is 0 Å². The van der Waals surface area contributed by atoms with Crippen LogP contribution in [-0.2, 0) is 4.74 Å². The zero-order valence-corrected chi connectivity index (χ0v) is 13.2. The predicted octanol–water partition coefficient (Wildman–Crippen LogP) is 4.85. The Kier molecular flexibility index (Phi) is 3.90. The molecular weight excluding hydrogens is 258 g/mol. The first-order chi connectivity index (χ1) is 10.2. The van der Waals surface area contributed by atoms with Crippen LogP contribution in [0.3, 0.4) is 0 Å². The standard InChI is InChI=1S/C19H25NO/c1-4-19(3)17(13-18(19)21-5-2)20-16-11-10-14-8-6-7-9-15(14)12-16/h6-12,17-18,20H,4-5,13H2,1-3H3. The molecule has 0 radical (unpaired) electrons. The lowest BCUT2D eigenvalue weighted by Crippen LogP contribution is -2.59. The quantitative estimate of drug-likeness (QED) is 0.847. The van der Waals surface area contributed by atoms with Gasteiger partial charge in [0.15, 0.2) is 0 Å². The molecule has 1 saturated carbocycles. The van der Waals surface area contributed by atoms with Gasteiger partial charge in [0, 0.05) is 23.8 Å². The summed E-state index contributed by atoms with van der Waals surface area (Å²) in [7, 11) is 0. The average molecular weight is 283 g/mol. The zero-order valence-electron chi connectivity index (χ0n) is 13.2. The van der Waals surface area contributed by atoms with Crippen molar-refractivity contribution < 1.29 is 4.74 Å². The van der Waals surface area contributed by atoms with E-state index in [9.17, 15) is 0 Å². The normalized spacial score (nSPS) is 28.3. The molecule has 2 heteroatoms. The van der Waals surface area contributed by atoms with Crippen LogP contribution >= 0.6 is 0 Å². The molecule has 0 saturated heterocycles. The van der Waals surface area contributed by atoms with E-state index in [0.717, 1.165) is 19.4 Å². The SMILES string of the molecule is CCOC1CC(Nc2ccc3ccccc3c2)C1(C)CC. The van der Waals surface area contributed by atoms with Crippen molar-refractivity contribution >= 4 is 16.5 Å². The second-order valence-electron chi connectivity index (χ2n) is 6.30. The van der Waals surface area contributed by atoms with Crippen LogP contribution in [0.25, 0.3) is 10.8 Å². The van der Waals surface area contributed by atoms with Gasteiger partial charge in [-0.25, -0.2) is 0 Å². The third kappa shape index (κ3) is 2.53. The molecule has 3 atom stereocenters. The van der Waals surface area contributed by atoms with E-state index in [1.54, 1.807) is 0 Å². The minimum atomic E-state index is 0.238. The van der Waals surface area contributed by atoms with E-state index in [-0.39, 0.29) is 5.41 Å². The first-order valence-corrected chi connectivity index (χ1v) is 8.04. The van der Waals surface area contributed by atoms with Crippen LogP contribution in [0, 0.1) is 5.41 Å². The van der Waals surface area contributed by atoms with Gasteiger partial charge in [0.25, 0.3) is 0 Å². The highest BCUT2D eigenvalue weighted by atomic mass is 16.5. The predicted molar refractivity (Wildman–Crippen MR) is 89.8 cm³/mol. The fourth-order valence-electron chi connectivity index (χ4n) is 3.45. The third-order valence-corrected chi connectivity index (χ3v) is 5.20. The summed E-state index contributed by atoms with van der Waals surface area (Å²) in [5, 5.41) is 6.31. The first kappa shape index (κ1) is 14.4. The molecule has 1 aliphatic rings. The Morgan fingerprint density at radius 3 is 2.62 bits per heavy atom. The minimum absolute atomic E-state index is 0.238. The van der Waals surface area contributed by atoms with E-state index in [1.165, 1.54) is 16.5 Å². The second-order valence-corrected chi connectivity index (χ2v) is 6.30. The maximum atomic E-state index is 5.88. The van der Waals surface area contributed by atoms with Gasteiger partial charge >= 0.3 is 0 Å². The molecule has 2 aromatic carbocycles.